The Kier molecular flexibility index (Phi) is 8.33. The SMILES string of the molecule is O=C(O)C(F)(F)F.O=C1C[C@H]2[C@H](CCN2CC2CCCCC2)N1Cc1c(Cl)cccc1Cl. The number of carbonyl (C=O) groups excluding carboxylic acids is 1. The summed E-state index contributed by atoms with van der Waals surface area (Å²) in [6.07, 6.45) is 3.52. The van der Waals surface area contributed by atoms with Gasteiger partial charge in [0.1, 0.15) is 0 Å². The van der Waals surface area contributed by atoms with E-state index < -0.39 is 12.1 Å². The van der Waals surface area contributed by atoms with E-state index in [2.05, 4.69) is 4.90 Å². The number of rotatable bonds is 4. The molecule has 0 bridgehead atoms. The van der Waals surface area contributed by atoms with Gasteiger partial charge in [-0.2, -0.15) is 13.2 Å². The minimum Gasteiger partial charge on any atom is -0.475 e. The molecule has 3 fully saturated rings. The summed E-state index contributed by atoms with van der Waals surface area (Å²) in [5.41, 5.74) is 0.880. The van der Waals surface area contributed by atoms with Gasteiger partial charge < -0.3 is 10.0 Å². The first-order chi connectivity index (χ1) is 15.1. The summed E-state index contributed by atoms with van der Waals surface area (Å²) >= 11 is 12.6. The topological polar surface area (TPSA) is 60.9 Å². The van der Waals surface area contributed by atoms with Crippen molar-refractivity contribution in [1.82, 2.24) is 9.80 Å². The average Bonchev–Trinajstić information content (AvgIpc) is 3.24. The molecule has 2 atom stereocenters. The summed E-state index contributed by atoms with van der Waals surface area (Å²) < 4.78 is 31.7. The molecule has 178 valence electrons. The number of carbonyl (C=O) groups is 2. The van der Waals surface area contributed by atoms with Crippen molar-refractivity contribution in [3.8, 4) is 0 Å². The maximum absolute atomic E-state index is 12.7. The van der Waals surface area contributed by atoms with E-state index >= 15 is 0 Å². The maximum Gasteiger partial charge on any atom is 0.490 e. The molecule has 10 heteroatoms. The van der Waals surface area contributed by atoms with Gasteiger partial charge in [0.05, 0.1) is 0 Å². The zero-order chi connectivity index (χ0) is 23.5. The van der Waals surface area contributed by atoms with Crippen LogP contribution < -0.4 is 0 Å². The van der Waals surface area contributed by atoms with E-state index in [0.717, 1.165) is 24.4 Å². The van der Waals surface area contributed by atoms with Gasteiger partial charge in [0.2, 0.25) is 5.91 Å². The van der Waals surface area contributed by atoms with Gasteiger partial charge in [0.25, 0.3) is 0 Å². The minimum atomic E-state index is -5.08. The second-order valence-electron chi connectivity index (χ2n) is 8.65. The van der Waals surface area contributed by atoms with Crippen molar-refractivity contribution in [3.63, 3.8) is 0 Å². The van der Waals surface area contributed by atoms with Crippen molar-refractivity contribution in [2.45, 2.75) is 69.8 Å². The number of carboxylic acids is 1. The van der Waals surface area contributed by atoms with Crippen LogP contribution in [-0.4, -0.2) is 58.1 Å². The lowest BCUT2D eigenvalue weighted by atomic mass is 9.89. The molecule has 1 saturated carbocycles. The largest absolute Gasteiger partial charge is 0.490 e. The number of alkyl halides is 3. The van der Waals surface area contributed by atoms with Crippen LogP contribution in [-0.2, 0) is 16.1 Å². The molecule has 1 aromatic rings. The Hall–Kier alpha value is -1.51. The fourth-order valence-corrected chi connectivity index (χ4v) is 5.51. The first kappa shape index (κ1) is 25.1. The van der Waals surface area contributed by atoms with Crippen LogP contribution in [0.2, 0.25) is 10.0 Å². The number of carboxylic acid groups (broad SMARTS) is 1. The Bertz CT molecular complexity index is 811. The molecular formula is C22H27Cl2F3N2O3. The van der Waals surface area contributed by atoms with Crippen LogP contribution in [0.3, 0.4) is 0 Å². The number of benzene rings is 1. The monoisotopic (exact) mass is 494 g/mol. The number of nitrogens with zero attached hydrogens (tertiary/aromatic N) is 2. The van der Waals surface area contributed by atoms with Crippen LogP contribution in [0.5, 0.6) is 0 Å². The molecule has 0 unspecified atom stereocenters. The third kappa shape index (κ3) is 6.08. The Morgan fingerprint density at radius 1 is 1.06 bits per heavy atom. The highest BCUT2D eigenvalue weighted by Crippen LogP contribution is 2.37. The molecule has 32 heavy (non-hydrogen) atoms. The summed E-state index contributed by atoms with van der Waals surface area (Å²) in [6.45, 7) is 2.83. The van der Waals surface area contributed by atoms with Crippen LogP contribution >= 0.6 is 23.2 Å². The Morgan fingerprint density at radius 3 is 2.22 bits per heavy atom. The van der Waals surface area contributed by atoms with Crippen molar-refractivity contribution >= 4 is 35.1 Å². The number of likely N-dealkylation sites (tertiary alicyclic amines) is 2. The van der Waals surface area contributed by atoms with Crippen LogP contribution in [0, 0.1) is 5.92 Å². The summed E-state index contributed by atoms with van der Waals surface area (Å²) in [7, 11) is 0. The van der Waals surface area contributed by atoms with Crippen LogP contribution in [0.25, 0.3) is 0 Å². The summed E-state index contributed by atoms with van der Waals surface area (Å²) in [5.74, 6) is -1.68. The summed E-state index contributed by atoms with van der Waals surface area (Å²) in [4.78, 5) is 26.2. The van der Waals surface area contributed by atoms with Crippen LogP contribution in [0.4, 0.5) is 13.2 Å². The van der Waals surface area contributed by atoms with Crippen molar-refractivity contribution < 1.29 is 27.9 Å². The van der Waals surface area contributed by atoms with E-state index in [4.69, 9.17) is 33.1 Å². The second kappa shape index (κ2) is 10.6. The first-order valence-electron chi connectivity index (χ1n) is 10.8. The third-order valence-corrected chi connectivity index (χ3v) is 7.29. The molecule has 2 saturated heterocycles. The first-order valence-corrected chi connectivity index (χ1v) is 11.6. The smallest absolute Gasteiger partial charge is 0.475 e. The number of amides is 1. The molecule has 4 rings (SSSR count). The van der Waals surface area contributed by atoms with Gasteiger partial charge in [0.15, 0.2) is 0 Å². The molecule has 0 aromatic heterocycles. The van der Waals surface area contributed by atoms with Crippen molar-refractivity contribution in [3.05, 3.63) is 33.8 Å². The lowest BCUT2D eigenvalue weighted by Gasteiger charge is -2.30. The minimum absolute atomic E-state index is 0.249. The molecule has 1 N–H and O–H groups in total. The Labute approximate surface area is 195 Å². The molecule has 0 spiro atoms. The molecule has 2 aliphatic heterocycles. The van der Waals surface area contributed by atoms with Crippen molar-refractivity contribution in [1.29, 1.82) is 0 Å². The number of aliphatic carboxylic acids is 1. The summed E-state index contributed by atoms with van der Waals surface area (Å²) in [5, 5.41) is 8.43. The Morgan fingerprint density at radius 2 is 1.66 bits per heavy atom. The quantitative estimate of drug-likeness (QED) is 0.609. The standard InChI is InChI=1S/C20H26Cl2N2O.C2HF3O2/c21-16-7-4-8-17(22)15(16)13-24-18-9-10-23(19(18)11-20(24)25)12-14-5-2-1-3-6-14;3-2(4,5)1(6)7/h4,7-8,14,18-19H,1-3,5-6,9-13H2;(H,6,7)/t18-,19-;/m0./s1. The third-order valence-electron chi connectivity index (χ3n) is 6.58. The van der Waals surface area contributed by atoms with Crippen molar-refractivity contribution in [2.24, 2.45) is 5.92 Å². The van der Waals surface area contributed by atoms with E-state index in [1.54, 1.807) is 0 Å². The molecular weight excluding hydrogens is 468 g/mol. The molecule has 1 aromatic carbocycles. The Balaban J connectivity index is 0.000000360. The predicted molar refractivity (Wildman–Crippen MR) is 116 cm³/mol. The van der Waals surface area contributed by atoms with E-state index in [1.807, 2.05) is 23.1 Å². The fourth-order valence-electron chi connectivity index (χ4n) is 5.00. The zero-order valence-electron chi connectivity index (χ0n) is 17.6. The highest BCUT2D eigenvalue weighted by Gasteiger charge is 2.47. The number of halogens is 5. The molecule has 5 nitrogen and oxygen atoms in total. The highest BCUT2D eigenvalue weighted by atomic mass is 35.5. The summed E-state index contributed by atoms with van der Waals surface area (Å²) in [6, 6.07) is 6.26. The molecule has 1 amide bonds. The van der Waals surface area contributed by atoms with Gasteiger partial charge in [-0.05, 0) is 37.3 Å². The lowest BCUT2D eigenvalue weighted by Crippen LogP contribution is -2.39. The number of hydrogen-bond acceptors (Lipinski definition) is 3. The second-order valence-corrected chi connectivity index (χ2v) is 9.47. The van der Waals surface area contributed by atoms with E-state index in [9.17, 15) is 18.0 Å². The van der Waals surface area contributed by atoms with E-state index in [-0.39, 0.29) is 5.91 Å². The van der Waals surface area contributed by atoms with Gasteiger partial charge in [-0.25, -0.2) is 4.79 Å². The van der Waals surface area contributed by atoms with Gasteiger partial charge in [-0.3, -0.25) is 9.69 Å². The lowest BCUT2D eigenvalue weighted by molar-refractivity contribution is -0.192. The predicted octanol–water partition coefficient (Wildman–Crippen LogP) is 5.38. The highest BCUT2D eigenvalue weighted by molar-refractivity contribution is 6.36. The van der Waals surface area contributed by atoms with Gasteiger partial charge in [0, 0.05) is 53.7 Å². The fraction of sp³-hybridized carbons (Fsp3) is 0.636. The molecule has 1 aliphatic carbocycles. The van der Waals surface area contributed by atoms with Gasteiger partial charge in [-0.15, -0.1) is 0 Å². The average molecular weight is 495 g/mol. The number of hydrogen-bond donors (Lipinski definition) is 1. The number of fused-ring (bicyclic) bond motifs is 1. The molecule has 3 aliphatic rings. The normalized spacial score (nSPS) is 24.3. The van der Waals surface area contributed by atoms with Crippen molar-refractivity contribution in [2.75, 3.05) is 13.1 Å². The van der Waals surface area contributed by atoms with Gasteiger partial charge in [-0.1, -0.05) is 48.5 Å². The van der Waals surface area contributed by atoms with Crippen LogP contribution in [0.15, 0.2) is 18.2 Å². The zero-order valence-corrected chi connectivity index (χ0v) is 19.1. The van der Waals surface area contributed by atoms with E-state index in [1.165, 1.54) is 38.6 Å². The van der Waals surface area contributed by atoms with E-state index in [0.29, 0.717) is 35.1 Å². The molecule has 2 heterocycles. The maximum atomic E-state index is 12.7. The molecule has 0 radical (unpaired) electrons. The van der Waals surface area contributed by atoms with Gasteiger partial charge >= 0.3 is 12.1 Å². The van der Waals surface area contributed by atoms with Crippen LogP contribution in [0.1, 0.15) is 50.5 Å².